The molecule has 0 radical (unpaired) electrons. The summed E-state index contributed by atoms with van der Waals surface area (Å²) in [5.74, 6) is 0.728. The van der Waals surface area contributed by atoms with E-state index in [2.05, 4.69) is 32.9 Å². The van der Waals surface area contributed by atoms with Gasteiger partial charge in [0.25, 0.3) is 0 Å². The van der Waals surface area contributed by atoms with Gasteiger partial charge in [0.15, 0.2) is 11.5 Å². The number of hydrogen-bond donors (Lipinski definition) is 0. The van der Waals surface area contributed by atoms with Gasteiger partial charge in [-0.05, 0) is 68.9 Å². The molecule has 0 aromatic heterocycles. The second-order valence-corrected chi connectivity index (χ2v) is 15.1. The second-order valence-electron chi connectivity index (χ2n) is 12.8. The number of rotatable bonds is 8. The lowest BCUT2D eigenvalue weighted by Crippen LogP contribution is -2.37. The van der Waals surface area contributed by atoms with Gasteiger partial charge in [0.2, 0.25) is 0 Å². The molecule has 0 amide bonds. The second kappa shape index (κ2) is 12.6. The van der Waals surface area contributed by atoms with Crippen LogP contribution in [0.25, 0.3) is 0 Å². The van der Waals surface area contributed by atoms with Crippen LogP contribution in [0.4, 0.5) is 5.69 Å². The molecule has 0 N–H and O–H groups in total. The summed E-state index contributed by atoms with van der Waals surface area (Å²) in [7, 11) is 0.142. The predicted molar refractivity (Wildman–Crippen MR) is 174 cm³/mol. The maximum Gasteiger partial charge on any atom is 0.311 e. The topological polar surface area (TPSA) is 74.2 Å². The van der Waals surface area contributed by atoms with Gasteiger partial charge in [-0.3, -0.25) is 4.79 Å². The van der Waals surface area contributed by atoms with Gasteiger partial charge >= 0.3 is 5.97 Å². The van der Waals surface area contributed by atoms with Crippen LogP contribution in [0.2, 0.25) is 0 Å². The van der Waals surface area contributed by atoms with Gasteiger partial charge in [-0.1, -0.05) is 75.2 Å². The zero-order chi connectivity index (χ0) is 31.7. The molecule has 0 saturated heterocycles. The SMILES string of the molecule is COc1cc2c(c(C)c1OC)N=[S@@](=O)(c1ccccc1)[C@H]([C@@H](C)CC(=O)Oc1ccc(C)cc1C(C)(C)C)[C@H]2C=C(C)C. The van der Waals surface area contributed by atoms with Gasteiger partial charge in [0.1, 0.15) is 5.75 Å². The molecule has 230 valence electrons. The summed E-state index contributed by atoms with van der Waals surface area (Å²) >= 11 is 0. The minimum Gasteiger partial charge on any atom is -0.493 e. The Kier molecular flexibility index (Phi) is 9.45. The van der Waals surface area contributed by atoms with Gasteiger partial charge in [-0.25, -0.2) is 4.21 Å². The summed E-state index contributed by atoms with van der Waals surface area (Å²) in [6, 6.07) is 17.2. The van der Waals surface area contributed by atoms with Crippen molar-refractivity contribution in [3.8, 4) is 17.2 Å². The van der Waals surface area contributed by atoms with E-state index >= 15 is 4.21 Å². The molecule has 1 aliphatic heterocycles. The Balaban J connectivity index is 1.86. The Morgan fingerprint density at radius 2 is 1.67 bits per heavy atom. The first-order valence-electron chi connectivity index (χ1n) is 14.7. The van der Waals surface area contributed by atoms with Gasteiger partial charge in [0.05, 0.1) is 34.9 Å². The average Bonchev–Trinajstić information content (AvgIpc) is 2.94. The fourth-order valence-electron chi connectivity index (χ4n) is 6.04. The van der Waals surface area contributed by atoms with E-state index in [0.29, 0.717) is 27.8 Å². The Labute approximate surface area is 257 Å². The molecule has 0 fully saturated rings. The standard InChI is InChI=1S/C36H45NO5S/c1-22(2)18-28-27-21-31(40-9)34(41-10)25(5)33(27)37-43(39,26-14-12-11-13-15-26)35(28)24(4)20-32(38)42-30-17-16-23(3)19-29(30)36(6,7)8/h11-19,21,24,28,35H,20H2,1-10H3/t24-,28-,35+,43+/m0/s1. The summed E-state index contributed by atoms with van der Waals surface area (Å²) in [5, 5.41) is -0.512. The molecule has 0 aliphatic carbocycles. The van der Waals surface area contributed by atoms with Crippen molar-refractivity contribution in [2.24, 2.45) is 10.3 Å². The van der Waals surface area contributed by atoms with Crippen LogP contribution in [0.3, 0.4) is 0 Å². The van der Waals surface area contributed by atoms with Crippen LogP contribution in [-0.2, 0) is 19.9 Å². The van der Waals surface area contributed by atoms with Crippen molar-refractivity contribution in [3.63, 3.8) is 0 Å². The van der Waals surface area contributed by atoms with E-state index in [9.17, 15) is 4.79 Å². The number of ether oxygens (including phenoxy) is 3. The molecule has 4 atom stereocenters. The fraction of sp³-hybridized carbons (Fsp3) is 0.417. The number of allylic oxidation sites excluding steroid dienone is 2. The van der Waals surface area contributed by atoms with E-state index in [0.717, 1.165) is 27.8 Å². The maximum atomic E-state index is 15.4. The summed E-state index contributed by atoms with van der Waals surface area (Å²) < 4.78 is 37.9. The van der Waals surface area contributed by atoms with E-state index in [-0.39, 0.29) is 29.6 Å². The normalized spacial score (nSPS) is 20.3. The largest absolute Gasteiger partial charge is 0.493 e. The Morgan fingerprint density at radius 1 is 1.00 bits per heavy atom. The lowest BCUT2D eigenvalue weighted by molar-refractivity contribution is -0.135. The van der Waals surface area contributed by atoms with Gasteiger partial charge in [0, 0.05) is 28.4 Å². The molecule has 0 spiro atoms. The molecule has 1 heterocycles. The minimum atomic E-state index is -3.06. The van der Waals surface area contributed by atoms with E-state index in [1.165, 1.54) is 0 Å². The molecular weight excluding hydrogens is 558 g/mol. The fourth-order valence-corrected chi connectivity index (χ4v) is 8.99. The first-order valence-corrected chi connectivity index (χ1v) is 16.3. The van der Waals surface area contributed by atoms with Crippen LogP contribution >= 0.6 is 0 Å². The first-order chi connectivity index (χ1) is 20.2. The lowest BCUT2D eigenvalue weighted by Gasteiger charge is -2.37. The van der Waals surface area contributed by atoms with Crippen molar-refractivity contribution in [1.82, 2.24) is 0 Å². The highest BCUT2D eigenvalue weighted by molar-refractivity contribution is 7.94. The number of carbonyl (C=O) groups is 1. The number of carbonyl (C=O) groups excluding carboxylic acids is 1. The van der Waals surface area contributed by atoms with Crippen LogP contribution in [-0.4, -0.2) is 29.6 Å². The van der Waals surface area contributed by atoms with Crippen molar-refractivity contribution >= 4 is 21.4 Å². The predicted octanol–water partition coefficient (Wildman–Crippen LogP) is 8.84. The average molecular weight is 604 g/mol. The Bertz CT molecular complexity index is 1660. The van der Waals surface area contributed by atoms with Gasteiger partial charge in [-0.15, -0.1) is 0 Å². The summed E-state index contributed by atoms with van der Waals surface area (Å²) in [6.07, 6.45) is 2.22. The van der Waals surface area contributed by atoms with Crippen molar-refractivity contribution in [1.29, 1.82) is 0 Å². The van der Waals surface area contributed by atoms with Gasteiger partial charge < -0.3 is 14.2 Å². The molecule has 1 aliphatic rings. The van der Waals surface area contributed by atoms with Crippen molar-refractivity contribution < 1.29 is 23.2 Å². The van der Waals surface area contributed by atoms with Gasteiger partial charge in [-0.2, -0.15) is 4.36 Å². The highest BCUT2D eigenvalue weighted by Crippen LogP contribution is 2.51. The number of esters is 1. The number of hydrogen-bond acceptors (Lipinski definition) is 6. The van der Waals surface area contributed by atoms with Crippen molar-refractivity contribution in [2.45, 2.75) is 83.3 Å². The van der Waals surface area contributed by atoms with E-state index < -0.39 is 15.0 Å². The molecular formula is C36H45NO5S. The third-order valence-electron chi connectivity index (χ3n) is 8.02. The smallest absolute Gasteiger partial charge is 0.311 e. The minimum absolute atomic E-state index is 0.0795. The van der Waals surface area contributed by atoms with Crippen LogP contribution in [0.5, 0.6) is 17.2 Å². The van der Waals surface area contributed by atoms with E-state index in [4.69, 9.17) is 18.6 Å². The zero-order valence-corrected chi connectivity index (χ0v) is 27.9. The Morgan fingerprint density at radius 3 is 2.26 bits per heavy atom. The Hall–Kier alpha value is -3.58. The highest BCUT2D eigenvalue weighted by Gasteiger charge is 2.43. The molecule has 7 heteroatoms. The first kappa shape index (κ1) is 32.3. The zero-order valence-electron chi connectivity index (χ0n) is 27.1. The molecule has 4 rings (SSSR count). The van der Waals surface area contributed by atoms with Crippen molar-refractivity contribution in [3.05, 3.63) is 88.5 Å². The van der Waals surface area contributed by atoms with Crippen LogP contribution in [0, 0.1) is 19.8 Å². The molecule has 3 aromatic carbocycles. The molecule has 0 bridgehead atoms. The monoisotopic (exact) mass is 603 g/mol. The lowest BCUT2D eigenvalue weighted by atomic mass is 9.84. The third-order valence-corrected chi connectivity index (χ3v) is 10.9. The van der Waals surface area contributed by atoms with E-state index in [1.807, 2.05) is 83.1 Å². The number of methoxy groups -OCH3 is 2. The van der Waals surface area contributed by atoms with Crippen LogP contribution in [0.15, 0.2) is 75.5 Å². The van der Waals surface area contributed by atoms with Crippen LogP contribution < -0.4 is 14.2 Å². The summed E-state index contributed by atoms with van der Waals surface area (Å²) in [6.45, 7) is 16.3. The molecule has 0 saturated carbocycles. The number of nitrogens with zero attached hydrogens (tertiary/aromatic N) is 1. The highest BCUT2D eigenvalue weighted by atomic mass is 32.2. The van der Waals surface area contributed by atoms with Crippen molar-refractivity contribution in [2.75, 3.05) is 14.2 Å². The maximum absolute atomic E-state index is 15.4. The summed E-state index contributed by atoms with van der Waals surface area (Å²) in [4.78, 5) is 14.2. The third kappa shape index (κ3) is 6.52. The number of benzene rings is 3. The quantitative estimate of drug-likeness (QED) is 0.146. The molecule has 43 heavy (non-hydrogen) atoms. The van der Waals surface area contributed by atoms with E-state index in [1.54, 1.807) is 14.2 Å². The summed E-state index contributed by atoms with van der Waals surface area (Å²) in [5.41, 5.74) is 5.28. The number of fused-ring (bicyclic) bond motifs is 1. The number of aryl methyl sites for hydroxylation is 1. The molecule has 3 aromatic rings. The van der Waals surface area contributed by atoms with Crippen LogP contribution in [0.1, 0.15) is 76.1 Å². The molecule has 6 nitrogen and oxygen atoms in total. The molecule has 0 unspecified atom stereocenters.